The lowest BCUT2D eigenvalue weighted by molar-refractivity contribution is 0.184. The van der Waals surface area contributed by atoms with E-state index in [1.54, 1.807) is 7.11 Å². The van der Waals surface area contributed by atoms with Gasteiger partial charge in [0.15, 0.2) is 0 Å². The molecule has 2 heteroatoms. The minimum Gasteiger partial charge on any atom is -0.507 e. The highest BCUT2D eigenvalue weighted by Crippen LogP contribution is 2.25. The van der Waals surface area contributed by atoms with Crippen molar-refractivity contribution in [1.29, 1.82) is 0 Å². The van der Waals surface area contributed by atoms with Crippen LogP contribution in [0.2, 0.25) is 0 Å². The lowest BCUT2D eigenvalue weighted by atomic mass is 10.0. The second-order valence-corrected chi connectivity index (χ2v) is 3.40. The number of ether oxygens (including phenoxy) is 1. The zero-order chi connectivity index (χ0) is 10.6. The summed E-state index contributed by atoms with van der Waals surface area (Å²) in [7, 11) is 1.68. The van der Waals surface area contributed by atoms with Gasteiger partial charge < -0.3 is 9.84 Å². The summed E-state index contributed by atoms with van der Waals surface area (Å²) in [6.07, 6.45) is 1.72. The van der Waals surface area contributed by atoms with E-state index < -0.39 is 0 Å². The zero-order valence-corrected chi connectivity index (χ0v) is 9.13. The maximum atomic E-state index is 9.84. The molecule has 0 spiro atoms. The smallest absolute Gasteiger partial charge is 0.121 e. The van der Waals surface area contributed by atoms with E-state index in [-0.39, 0.29) is 0 Å². The van der Waals surface area contributed by atoms with Gasteiger partial charge in [-0.15, -0.1) is 0 Å². The summed E-state index contributed by atoms with van der Waals surface area (Å²) in [5, 5.41) is 9.84. The molecular formula is C12H18O2. The number of phenolic OH excluding ortho intramolecular Hbond substituents is 1. The van der Waals surface area contributed by atoms with Gasteiger partial charge in [0.1, 0.15) is 5.75 Å². The van der Waals surface area contributed by atoms with Crippen molar-refractivity contribution in [2.24, 2.45) is 0 Å². The molecule has 0 saturated carbocycles. The van der Waals surface area contributed by atoms with E-state index in [1.807, 2.05) is 26.0 Å². The maximum absolute atomic E-state index is 9.84. The van der Waals surface area contributed by atoms with E-state index in [4.69, 9.17) is 4.74 Å². The molecule has 78 valence electrons. The van der Waals surface area contributed by atoms with Crippen LogP contribution in [0, 0.1) is 0 Å². The van der Waals surface area contributed by atoms with Crippen LogP contribution in [-0.4, -0.2) is 12.2 Å². The molecule has 0 atom stereocenters. The first-order valence-electron chi connectivity index (χ1n) is 5.05. The molecule has 0 amide bonds. The van der Waals surface area contributed by atoms with Crippen LogP contribution >= 0.6 is 0 Å². The Morgan fingerprint density at radius 2 is 1.64 bits per heavy atom. The van der Waals surface area contributed by atoms with Gasteiger partial charge in [0.2, 0.25) is 0 Å². The van der Waals surface area contributed by atoms with Crippen molar-refractivity contribution >= 4 is 0 Å². The zero-order valence-electron chi connectivity index (χ0n) is 9.13. The van der Waals surface area contributed by atoms with Gasteiger partial charge in [-0.2, -0.15) is 0 Å². The Kier molecular flexibility index (Phi) is 3.96. The largest absolute Gasteiger partial charge is 0.507 e. The number of aromatic hydroxyl groups is 1. The molecular weight excluding hydrogens is 176 g/mol. The van der Waals surface area contributed by atoms with Crippen LogP contribution < -0.4 is 0 Å². The second-order valence-electron chi connectivity index (χ2n) is 3.40. The predicted octanol–water partition coefficient (Wildman–Crippen LogP) is 2.66. The summed E-state index contributed by atoms with van der Waals surface area (Å²) < 4.78 is 5.09. The van der Waals surface area contributed by atoms with E-state index in [0.29, 0.717) is 12.4 Å². The molecule has 0 aliphatic carbocycles. The first-order valence-corrected chi connectivity index (χ1v) is 5.05. The SMILES string of the molecule is CCc1cc(COC)cc(CC)c1O. The molecule has 0 radical (unpaired) electrons. The Bertz CT molecular complexity index is 280. The van der Waals surface area contributed by atoms with Gasteiger partial charge in [-0.3, -0.25) is 0 Å². The predicted molar refractivity (Wildman–Crippen MR) is 57.6 cm³/mol. The molecule has 0 aromatic heterocycles. The number of aryl methyl sites for hydroxylation is 2. The van der Waals surface area contributed by atoms with Gasteiger partial charge in [0.05, 0.1) is 6.61 Å². The van der Waals surface area contributed by atoms with Crippen LogP contribution in [0.3, 0.4) is 0 Å². The second kappa shape index (κ2) is 5.01. The number of phenols is 1. The van der Waals surface area contributed by atoms with Crippen molar-refractivity contribution < 1.29 is 9.84 Å². The first-order chi connectivity index (χ1) is 6.72. The highest BCUT2D eigenvalue weighted by molar-refractivity contribution is 5.43. The van der Waals surface area contributed by atoms with Gasteiger partial charge in [0, 0.05) is 7.11 Å². The highest BCUT2D eigenvalue weighted by atomic mass is 16.5. The minimum atomic E-state index is 0.454. The van der Waals surface area contributed by atoms with Crippen molar-refractivity contribution in [3.63, 3.8) is 0 Å². The molecule has 14 heavy (non-hydrogen) atoms. The third kappa shape index (κ3) is 2.26. The molecule has 1 aromatic carbocycles. The van der Waals surface area contributed by atoms with Gasteiger partial charge in [0.25, 0.3) is 0 Å². The average Bonchev–Trinajstić information content (AvgIpc) is 2.20. The summed E-state index contributed by atoms with van der Waals surface area (Å²) in [6, 6.07) is 4.02. The van der Waals surface area contributed by atoms with Crippen LogP contribution in [0.25, 0.3) is 0 Å². The van der Waals surface area contributed by atoms with Crippen molar-refractivity contribution in [1.82, 2.24) is 0 Å². The van der Waals surface area contributed by atoms with Gasteiger partial charge >= 0.3 is 0 Å². The third-order valence-electron chi connectivity index (χ3n) is 2.40. The number of benzene rings is 1. The van der Waals surface area contributed by atoms with Gasteiger partial charge in [-0.25, -0.2) is 0 Å². The van der Waals surface area contributed by atoms with Gasteiger partial charge in [-0.05, 0) is 41.7 Å². The molecule has 0 bridgehead atoms. The molecule has 0 heterocycles. The normalized spacial score (nSPS) is 10.5. The van der Waals surface area contributed by atoms with Crippen LogP contribution in [0.5, 0.6) is 5.75 Å². The monoisotopic (exact) mass is 194 g/mol. The molecule has 0 unspecified atom stereocenters. The average molecular weight is 194 g/mol. The van der Waals surface area contributed by atoms with E-state index in [0.717, 1.165) is 29.5 Å². The molecule has 1 N–H and O–H groups in total. The van der Waals surface area contributed by atoms with Crippen LogP contribution in [0.4, 0.5) is 0 Å². The maximum Gasteiger partial charge on any atom is 0.121 e. The summed E-state index contributed by atoms with van der Waals surface area (Å²) in [5.41, 5.74) is 3.16. The number of hydrogen-bond acceptors (Lipinski definition) is 2. The topological polar surface area (TPSA) is 29.5 Å². The Hall–Kier alpha value is -1.02. The summed E-state index contributed by atoms with van der Waals surface area (Å²) in [6.45, 7) is 4.70. The Labute approximate surface area is 85.5 Å². The van der Waals surface area contributed by atoms with Crippen LogP contribution in [0.15, 0.2) is 12.1 Å². The number of methoxy groups -OCH3 is 1. The Balaban J connectivity index is 3.11. The Morgan fingerprint density at radius 1 is 1.14 bits per heavy atom. The van der Waals surface area contributed by atoms with E-state index in [2.05, 4.69) is 0 Å². The summed E-state index contributed by atoms with van der Waals surface area (Å²) >= 11 is 0. The Morgan fingerprint density at radius 3 is 2.00 bits per heavy atom. The van der Waals surface area contributed by atoms with E-state index in [9.17, 15) is 5.11 Å². The van der Waals surface area contributed by atoms with Gasteiger partial charge in [-0.1, -0.05) is 13.8 Å². The molecule has 1 rings (SSSR count). The fraction of sp³-hybridized carbons (Fsp3) is 0.500. The molecule has 0 aliphatic heterocycles. The molecule has 0 saturated heterocycles. The standard InChI is InChI=1S/C12H18O2/c1-4-10-6-9(8-14-3)7-11(5-2)12(10)13/h6-7,13H,4-5,8H2,1-3H3. The van der Waals surface area contributed by atoms with Crippen molar-refractivity contribution in [2.45, 2.75) is 33.3 Å². The molecule has 2 nitrogen and oxygen atoms in total. The molecule has 0 fully saturated rings. The fourth-order valence-electron chi connectivity index (χ4n) is 1.62. The molecule has 1 aromatic rings. The van der Waals surface area contributed by atoms with E-state index in [1.165, 1.54) is 0 Å². The highest BCUT2D eigenvalue weighted by Gasteiger charge is 2.06. The van der Waals surface area contributed by atoms with Crippen molar-refractivity contribution in [3.05, 3.63) is 28.8 Å². The van der Waals surface area contributed by atoms with Crippen molar-refractivity contribution in [3.8, 4) is 5.75 Å². The fourth-order valence-corrected chi connectivity index (χ4v) is 1.62. The van der Waals surface area contributed by atoms with Crippen LogP contribution in [-0.2, 0) is 24.2 Å². The molecule has 0 aliphatic rings. The van der Waals surface area contributed by atoms with E-state index >= 15 is 0 Å². The lowest BCUT2D eigenvalue weighted by Gasteiger charge is -2.10. The number of hydrogen-bond donors (Lipinski definition) is 1. The first kappa shape index (κ1) is 11.1. The minimum absolute atomic E-state index is 0.454. The summed E-state index contributed by atoms with van der Waals surface area (Å²) in [5.74, 6) is 0.454. The van der Waals surface area contributed by atoms with Crippen LogP contribution in [0.1, 0.15) is 30.5 Å². The van der Waals surface area contributed by atoms with Crippen molar-refractivity contribution in [2.75, 3.05) is 7.11 Å². The number of rotatable bonds is 4. The third-order valence-corrected chi connectivity index (χ3v) is 2.40. The summed E-state index contributed by atoms with van der Waals surface area (Å²) in [4.78, 5) is 0. The quantitative estimate of drug-likeness (QED) is 0.798. The lowest BCUT2D eigenvalue weighted by Crippen LogP contribution is -1.95.